The third-order valence-electron chi connectivity index (χ3n) is 6.68. The van der Waals surface area contributed by atoms with E-state index in [2.05, 4.69) is 46.8 Å². The molecule has 2 aromatic heterocycles. The van der Waals surface area contributed by atoms with Gasteiger partial charge in [-0.2, -0.15) is 10.1 Å². The van der Waals surface area contributed by atoms with Crippen LogP contribution >= 0.6 is 0 Å². The number of nitrogens with one attached hydrogen (secondary N) is 2. The molecule has 5 heterocycles. The third kappa shape index (κ3) is 5.65. The molecule has 0 saturated carbocycles. The molecule has 3 aliphatic rings. The molecule has 11 heteroatoms. The van der Waals surface area contributed by atoms with E-state index in [1.54, 1.807) is 0 Å². The largest absolute Gasteiger partial charge is 0.378 e. The minimum absolute atomic E-state index is 0.143. The lowest BCUT2D eigenvalue weighted by Crippen LogP contribution is -2.54. The number of morpholine rings is 1. The highest BCUT2D eigenvalue weighted by atomic mass is 19.1. The fourth-order valence-corrected chi connectivity index (χ4v) is 4.76. The van der Waals surface area contributed by atoms with Crippen molar-refractivity contribution in [3.63, 3.8) is 0 Å². The minimum Gasteiger partial charge on any atom is -0.378 e. The molecule has 0 radical (unpaired) electrons. The zero-order valence-corrected chi connectivity index (χ0v) is 19.4. The average molecular weight is 470 g/mol. The van der Waals surface area contributed by atoms with Crippen LogP contribution in [0.1, 0.15) is 25.0 Å². The van der Waals surface area contributed by atoms with Crippen LogP contribution in [0.25, 0.3) is 0 Å². The van der Waals surface area contributed by atoms with Gasteiger partial charge in [0, 0.05) is 26.2 Å². The second-order valence-corrected chi connectivity index (χ2v) is 8.91. The van der Waals surface area contributed by atoms with Crippen LogP contribution < -0.4 is 20.4 Å². The second kappa shape index (κ2) is 11.1. The van der Waals surface area contributed by atoms with E-state index in [0.717, 1.165) is 43.8 Å². The molecule has 0 unspecified atom stereocenters. The van der Waals surface area contributed by atoms with E-state index in [1.807, 2.05) is 17.2 Å². The molecule has 3 fully saturated rings. The van der Waals surface area contributed by atoms with Gasteiger partial charge in [0.25, 0.3) is 5.95 Å². The van der Waals surface area contributed by atoms with Gasteiger partial charge >= 0.3 is 0 Å². The fourth-order valence-electron chi connectivity index (χ4n) is 4.76. The number of nitrogens with zero attached hydrogens (tertiary/aromatic N) is 7. The van der Waals surface area contributed by atoms with Gasteiger partial charge in [-0.1, -0.05) is 0 Å². The second-order valence-electron chi connectivity index (χ2n) is 8.91. The van der Waals surface area contributed by atoms with Crippen LogP contribution in [0.15, 0.2) is 34.8 Å². The summed E-state index contributed by atoms with van der Waals surface area (Å²) in [4.78, 5) is 17.0. The molecular formula is C23H32FN9O. The summed E-state index contributed by atoms with van der Waals surface area (Å²) >= 11 is 0. The van der Waals surface area contributed by atoms with Crippen molar-refractivity contribution in [2.75, 3.05) is 62.3 Å². The van der Waals surface area contributed by atoms with Gasteiger partial charge in [-0.25, -0.2) is 9.37 Å². The predicted octanol–water partition coefficient (Wildman–Crippen LogP) is 2.26. The van der Waals surface area contributed by atoms with E-state index in [-0.39, 0.29) is 11.8 Å². The molecule has 10 nitrogen and oxygen atoms in total. The van der Waals surface area contributed by atoms with Crippen molar-refractivity contribution < 1.29 is 9.13 Å². The predicted molar refractivity (Wildman–Crippen MR) is 127 cm³/mol. The maximum absolute atomic E-state index is 14.1. The van der Waals surface area contributed by atoms with E-state index in [1.165, 1.54) is 19.3 Å². The number of anilines is 2. The number of hydrogen-bond acceptors (Lipinski definition) is 10. The zero-order valence-electron chi connectivity index (χ0n) is 19.4. The first-order chi connectivity index (χ1) is 16.8. The Morgan fingerprint density at radius 2 is 1.79 bits per heavy atom. The quantitative estimate of drug-likeness (QED) is 0.621. The smallest absolute Gasteiger partial charge is 0.270 e. The lowest BCUT2D eigenvalue weighted by molar-refractivity contribution is 0.122. The molecule has 34 heavy (non-hydrogen) atoms. The van der Waals surface area contributed by atoms with Gasteiger partial charge in [-0.05, 0) is 50.4 Å². The molecule has 2 aromatic rings. The van der Waals surface area contributed by atoms with Crippen molar-refractivity contribution in [2.24, 2.45) is 16.1 Å². The first-order valence-electron chi connectivity index (χ1n) is 12.2. The summed E-state index contributed by atoms with van der Waals surface area (Å²) in [7, 11) is 0. The van der Waals surface area contributed by atoms with E-state index in [9.17, 15) is 4.39 Å². The lowest BCUT2D eigenvalue weighted by Gasteiger charge is -2.39. The van der Waals surface area contributed by atoms with Crippen molar-refractivity contribution in [1.29, 1.82) is 0 Å². The summed E-state index contributed by atoms with van der Waals surface area (Å²) in [5.74, 6) is 0.605. The lowest BCUT2D eigenvalue weighted by atomic mass is 9.92. The van der Waals surface area contributed by atoms with Gasteiger partial charge in [0.2, 0.25) is 0 Å². The van der Waals surface area contributed by atoms with Crippen LogP contribution in [0, 0.1) is 11.7 Å². The first-order valence-corrected chi connectivity index (χ1v) is 12.2. The highest BCUT2D eigenvalue weighted by Gasteiger charge is 2.27. The Balaban J connectivity index is 1.13. The minimum atomic E-state index is -0.464. The Morgan fingerprint density at radius 1 is 1.00 bits per heavy atom. The SMILES string of the molecule is Fc1cnc(N=NCc2ccc(N3CCC(C4NCCCN4)CC3)cn2)nc1N1CCOCC1. The number of pyridine rings is 1. The highest BCUT2D eigenvalue weighted by molar-refractivity contribution is 5.45. The van der Waals surface area contributed by atoms with E-state index >= 15 is 0 Å². The Hall–Kier alpha value is -2.76. The summed E-state index contributed by atoms with van der Waals surface area (Å²) < 4.78 is 19.5. The third-order valence-corrected chi connectivity index (χ3v) is 6.68. The Kier molecular flexibility index (Phi) is 7.52. The molecule has 0 bridgehead atoms. The van der Waals surface area contributed by atoms with Crippen LogP contribution in [-0.4, -0.2) is 73.6 Å². The van der Waals surface area contributed by atoms with Gasteiger partial charge in [0.1, 0.15) is 6.54 Å². The number of piperidine rings is 1. The standard InChI is InChI=1S/C23H32FN9O/c24-20-16-28-23(30-22(20)33-10-12-34-13-11-33)31-29-14-18-2-3-19(15-27-18)32-8-4-17(5-9-32)21-25-6-1-7-26-21/h2-3,15-17,21,25-26H,1,4-14H2. The Labute approximate surface area is 199 Å². The first kappa shape index (κ1) is 23.0. The average Bonchev–Trinajstić information content (AvgIpc) is 2.91. The Bertz CT molecular complexity index is 953. The molecule has 2 N–H and O–H groups in total. The monoisotopic (exact) mass is 469 g/mol. The van der Waals surface area contributed by atoms with Crippen LogP contribution in [0.3, 0.4) is 0 Å². The van der Waals surface area contributed by atoms with Crippen LogP contribution in [0.2, 0.25) is 0 Å². The molecule has 3 aliphatic heterocycles. The van der Waals surface area contributed by atoms with Crippen LogP contribution in [0.4, 0.5) is 21.8 Å². The molecule has 5 rings (SSSR count). The van der Waals surface area contributed by atoms with Gasteiger partial charge in [-0.3, -0.25) is 4.98 Å². The number of halogens is 1. The fraction of sp³-hybridized carbons (Fsp3) is 0.609. The summed E-state index contributed by atoms with van der Waals surface area (Å²) in [6, 6.07) is 4.08. The maximum Gasteiger partial charge on any atom is 0.270 e. The molecule has 0 aliphatic carbocycles. The van der Waals surface area contributed by atoms with Gasteiger partial charge < -0.3 is 25.2 Å². The Morgan fingerprint density at radius 3 is 2.53 bits per heavy atom. The van der Waals surface area contributed by atoms with Crippen molar-refractivity contribution in [3.05, 3.63) is 36.0 Å². The van der Waals surface area contributed by atoms with Crippen molar-refractivity contribution in [3.8, 4) is 0 Å². The van der Waals surface area contributed by atoms with E-state index in [4.69, 9.17) is 4.74 Å². The molecule has 0 atom stereocenters. The summed E-state index contributed by atoms with van der Waals surface area (Å²) in [6.07, 6.45) is 7.06. The molecular weight excluding hydrogens is 437 g/mol. The number of ether oxygens (including phenoxy) is 1. The molecule has 0 amide bonds. The van der Waals surface area contributed by atoms with E-state index in [0.29, 0.717) is 44.9 Å². The number of azo groups is 1. The van der Waals surface area contributed by atoms with Gasteiger partial charge in [0.15, 0.2) is 11.6 Å². The van der Waals surface area contributed by atoms with Crippen LogP contribution in [0.5, 0.6) is 0 Å². The number of hydrogen-bond donors (Lipinski definition) is 2. The summed E-state index contributed by atoms with van der Waals surface area (Å²) in [5.41, 5.74) is 1.95. The van der Waals surface area contributed by atoms with Gasteiger partial charge in [0.05, 0.1) is 43.2 Å². The maximum atomic E-state index is 14.1. The van der Waals surface area contributed by atoms with E-state index < -0.39 is 5.82 Å². The molecule has 0 aromatic carbocycles. The summed E-state index contributed by atoms with van der Waals surface area (Å²) in [6.45, 7) is 6.90. The van der Waals surface area contributed by atoms with Crippen molar-refractivity contribution in [1.82, 2.24) is 25.6 Å². The normalized spacial score (nSPS) is 20.9. The zero-order chi connectivity index (χ0) is 23.2. The van der Waals surface area contributed by atoms with Crippen molar-refractivity contribution >= 4 is 17.5 Å². The van der Waals surface area contributed by atoms with Crippen LogP contribution in [-0.2, 0) is 11.3 Å². The van der Waals surface area contributed by atoms with Crippen molar-refractivity contribution in [2.45, 2.75) is 32.0 Å². The molecule has 182 valence electrons. The topological polar surface area (TPSA) is 103 Å². The number of aromatic nitrogens is 3. The molecule has 0 spiro atoms. The van der Waals surface area contributed by atoms with Gasteiger partial charge in [-0.15, -0.1) is 5.11 Å². The molecule has 3 saturated heterocycles. The number of rotatable bonds is 6. The highest BCUT2D eigenvalue weighted by Crippen LogP contribution is 2.25. The summed E-state index contributed by atoms with van der Waals surface area (Å²) in [5, 5.41) is 15.5.